The summed E-state index contributed by atoms with van der Waals surface area (Å²) in [7, 11) is 3.32. The summed E-state index contributed by atoms with van der Waals surface area (Å²) in [5.41, 5.74) is 19.9. The molecule has 0 aliphatic rings. The van der Waals surface area contributed by atoms with Crippen LogP contribution in [0.15, 0.2) is 0 Å². The lowest BCUT2D eigenvalue weighted by molar-refractivity contribution is 0.0983. The van der Waals surface area contributed by atoms with Crippen molar-refractivity contribution in [2.75, 3.05) is 10.9 Å². The van der Waals surface area contributed by atoms with Crippen molar-refractivity contribution in [3.05, 3.63) is 22.8 Å². The Hall–Kier alpha value is -3.04. The summed E-state index contributed by atoms with van der Waals surface area (Å²) < 4.78 is 2.89. The Bertz CT molecular complexity index is 753. The first-order chi connectivity index (χ1) is 12.3. The van der Waals surface area contributed by atoms with Crippen molar-refractivity contribution >= 4 is 23.2 Å². The third-order valence-corrected chi connectivity index (χ3v) is 3.99. The molecule has 0 fully saturated rings. The third kappa shape index (κ3) is 3.63. The van der Waals surface area contributed by atoms with Gasteiger partial charge in [0.05, 0.1) is 11.4 Å². The van der Waals surface area contributed by atoms with E-state index in [1.165, 1.54) is 9.36 Å². The van der Waals surface area contributed by atoms with E-state index < -0.39 is 11.8 Å². The van der Waals surface area contributed by atoms with E-state index in [1.807, 2.05) is 13.8 Å². The van der Waals surface area contributed by atoms with Crippen LogP contribution >= 0.6 is 0 Å². The number of hydrazine groups is 1. The van der Waals surface area contributed by atoms with Crippen molar-refractivity contribution in [3.63, 3.8) is 0 Å². The van der Waals surface area contributed by atoms with Crippen LogP contribution in [-0.2, 0) is 26.9 Å². The molecule has 0 aliphatic heterocycles. The predicted octanol–water partition coefficient (Wildman–Crippen LogP) is 0.695. The SMILES string of the molecule is CCCc1nn(C)c(C(N)=O)c1NNc1c(CCC)nn(C)c1C(N)=O. The van der Waals surface area contributed by atoms with E-state index in [2.05, 4.69) is 21.0 Å². The van der Waals surface area contributed by atoms with E-state index in [4.69, 9.17) is 11.5 Å². The third-order valence-electron chi connectivity index (χ3n) is 3.99. The van der Waals surface area contributed by atoms with Crippen LogP contribution in [0.25, 0.3) is 0 Å². The zero-order chi connectivity index (χ0) is 19.4. The van der Waals surface area contributed by atoms with Gasteiger partial charge in [-0.15, -0.1) is 0 Å². The number of carbonyl (C=O) groups excluding carboxylic acids is 2. The normalized spacial score (nSPS) is 10.8. The molecule has 10 heteroatoms. The lowest BCUT2D eigenvalue weighted by Gasteiger charge is -2.12. The summed E-state index contributed by atoms with van der Waals surface area (Å²) in [6.07, 6.45) is 3.04. The molecule has 0 aromatic carbocycles. The number of rotatable bonds is 9. The molecule has 10 nitrogen and oxygen atoms in total. The van der Waals surface area contributed by atoms with Gasteiger partial charge in [-0.2, -0.15) is 10.2 Å². The molecule has 0 unspecified atom stereocenters. The average molecular weight is 362 g/mol. The number of aryl methyl sites for hydroxylation is 4. The zero-order valence-electron chi connectivity index (χ0n) is 15.6. The first-order valence-electron chi connectivity index (χ1n) is 8.55. The van der Waals surface area contributed by atoms with Crippen LogP contribution in [0.1, 0.15) is 59.1 Å². The molecule has 2 aromatic heterocycles. The van der Waals surface area contributed by atoms with Crippen LogP contribution in [0.3, 0.4) is 0 Å². The highest BCUT2D eigenvalue weighted by molar-refractivity contribution is 5.99. The number of nitrogens with one attached hydrogen (secondary N) is 2. The maximum atomic E-state index is 11.8. The van der Waals surface area contributed by atoms with E-state index in [0.29, 0.717) is 35.6 Å². The quantitative estimate of drug-likeness (QED) is 0.483. The van der Waals surface area contributed by atoms with Crippen molar-refractivity contribution in [2.45, 2.75) is 39.5 Å². The lowest BCUT2D eigenvalue weighted by atomic mass is 10.2. The van der Waals surface area contributed by atoms with E-state index in [9.17, 15) is 9.59 Å². The Kier molecular flexibility index (Phi) is 5.86. The lowest BCUT2D eigenvalue weighted by Crippen LogP contribution is -2.22. The molecular formula is C16H26N8O2. The molecule has 142 valence electrons. The van der Waals surface area contributed by atoms with Gasteiger partial charge < -0.3 is 11.5 Å². The monoisotopic (exact) mass is 362 g/mol. The van der Waals surface area contributed by atoms with Crippen molar-refractivity contribution in [2.24, 2.45) is 25.6 Å². The minimum Gasteiger partial charge on any atom is -0.364 e. The fourth-order valence-corrected chi connectivity index (χ4v) is 2.94. The first kappa shape index (κ1) is 19.3. The molecule has 0 atom stereocenters. The van der Waals surface area contributed by atoms with Crippen LogP contribution < -0.4 is 22.3 Å². The van der Waals surface area contributed by atoms with Gasteiger partial charge in [0.15, 0.2) is 11.4 Å². The van der Waals surface area contributed by atoms with Crippen molar-refractivity contribution in [1.29, 1.82) is 0 Å². The molecule has 0 saturated heterocycles. The average Bonchev–Trinajstić information content (AvgIpc) is 3.02. The van der Waals surface area contributed by atoms with Gasteiger partial charge in [0.1, 0.15) is 11.4 Å². The highest BCUT2D eigenvalue weighted by Crippen LogP contribution is 2.25. The molecule has 0 saturated carbocycles. The van der Waals surface area contributed by atoms with Gasteiger partial charge in [0.2, 0.25) is 0 Å². The summed E-state index contributed by atoms with van der Waals surface area (Å²) in [6, 6.07) is 0. The maximum absolute atomic E-state index is 11.8. The highest BCUT2D eigenvalue weighted by Gasteiger charge is 2.23. The minimum atomic E-state index is -0.596. The van der Waals surface area contributed by atoms with Crippen molar-refractivity contribution < 1.29 is 9.59 Å². The van der Waals surface area contributed by atoms with Gasteiger partial charge >= 0.3 is 0 Å². The maximum Gasteiger partial charge on any atom is 0.269 e. The molecule has 2 heterocycles. The van der Waals surface area contributed by atoms with Crippen LogP contribution in [0, 0.1) is 0 Å². The molecule has 6 N–H and O–H groups in total. The van der Waals surface area contributed by atoms with Gasteiger partial charge in [-0.25, -0.2) is 0 Å². The van der Waals surface area contributed by atoms with Gasteiger partial charge in [-0.05, 0) is 12.8 Å². The second kappa shape index (κ2) is 7.89. The van der Waals surface area contributed by atoms with Crippen molar-refractivity contribution in [1.82, 2.24) is 19.6 Å². The number of carbonyl (C=O) groups is 2. The molecule has 0 aliphatic carbocycles. The Morgan fingerprint density at radius 3 is 1.46 bits per heavy atom. The number of anilines is 2. The number of nitrogens with zero attached hydrogens (tertiary/aromatic N) is 4. The Morgan fingerprint density at radius 2 is 1.19 bits per heavy atom. The fourth-order valence-electron chi connectivity index (χ4n) is 2.94. The molecule has 0 spiro atoms. The smallest absolute Gasteiger partial charge is 0.269 e. The van der Waals surface area contributed by atoms with Crippen LogP contribution in [0.5, 0.6) is 0 Å². The van der Waals surface area contributed by atoms with Gasteiger partial charge in [0, 0.05) is 14.1 Å². The van der Waals surface area contributed by atoms with E-state index in [0.717, 1.165) is 12.8 Å². The summed E-state index contributed by atoms with van der Waals surface area (Å²) in [5.74, 6) is -1.19. The Balaban J connectivity index is 2.43. The zero-order valence-corrected chi connectivity index (χ0v) is 15.6. The number of primary amides is 2. The Labute approximate surface area is 151 Å². The number of nitrogens with two attached hydrogens (primary N) is 2. The standard InChI is InChI=1S/C16H26N8O2/c1-5-7-9-11(13(15(17)25)23(3)21-9)19-20-12-10(8-6-2)22-24(4)14(12)16(18)26/h19-20H,5-8H2,1-4H3,(H2,17,25)(H2,18,26). The number of amides is 2. The summed E-state index contributed by atoms with van der Waals surface area (Å²) in [6.45, 7) is 4.03. The molecule has 0 bridgehead atoms. The van der Waals surface area contributed by atoms with Crippen LogP contribution in [0.2, 0.25) is 0 Å². The van der Waals surface area contributed by atoms with E-state index in [-0.39, 0.29) is 11.4 Å². The van der Waals surface area contributed by atoms with Gasteiger partial charge in [-0.1, -0.05) is 26.7 Å². The number of hydrogen-bond acceptors (Lipinski definition) is 6. The molecule has 2 rings (SSSR count). The molecular weight excluding hydrogens is 336 g/mol. The van der Waals surface area contributed by atoms with Gasteiger partial charge in [-0.3, -0.25) is 29.8 Å². The second-order valence-corrected chi connectivity index (χ2v) is 6.07. The van der Waals surface area contributed by atoms with Gasteiger partial charge in [0.25, 0.3) is 11.8 Å². The van der Waals surface area contributed by atoms with E-state index in [1.54, 1.807) is 14.1 Å². The number of aromatic nitrogens is 4. The number of hydrogen-bond donors (Lipinski definition) is 4. The van der Waals surface area contributed by atoms with Crippen molar-refractivity contribution in [3.8, 4) is 0 Å². The predicted molar refractivity (Wildman–Crippen MR) is 98.7 cm³/mol. The molecule has 2 aromatic rings. The molecule has 2 amide bonds. The molecule has 0 radical (unpaired) electrons. The fraction of sp³-hybridized carbons (Fsp3) is 0.500. The summed E-state index contributed by atoms with van der Waals surface area (Å²) in [5, 5.41) is 8.71. The summed E-state index contributed by atoms with van der Waals surface area (Å²) >= 11 is 0. The first-order valence-corrected chi connectivity index (χ1v) is 8.55. The highest BCUT2D eigenvalue weighted by atomic mass is 16.1. The second-order valence-electron chi connectivity index (χ2n) is 6.07. The molecule has 26 heavy (non-hydrogen) atoms. The topological polar surface area (TPSA) is 146 Å². The minimum absolute atomic E-state index is 0.252. The summed E-state index contributed by atoms with van der Waals surface area (Å²) in [4.78, 5) is 23.6. The Morgan fingerprint density at radius 1 is 0.846 bits per heavy atom. The largest absolute Gasteiger partial charge is 0.364 e. The van der Waals surface area contributed by atoms with E-state index >= 15 is 0 Å². The van der Waals surface area contributed by atoms with Crippen LogP contribution in [-0.4, -0.2) is 31.4 Å². The van der Waals surface area contributed by atoms with Crippen LogP contribution in [0.4, 0.5) is 11.4 Å².